The molecule has 0 amide bonds. The maximum Gasteiger partial charge on any atom is 0.0897 e. The fourth-order valence-electron chi connectivity index (χ4n) is 2.72. The molecule has 21 heavy (non-hydrogen) atoms. The van der Waals surface area contributed by atoms with Gasteiger partial charge in [-0.15, -0.1) is 0 Å². The molecule has 5 heteroatoms. The summed E-state index contributed by atoms with van der Waals surface area (Å²) in [6, 6.07) is 8.92. The lowest BCUT2D eigenvalue weighted by molar-refractivity contribution is 0.0601. The Balaban J connectivity index is 1.70. The maximum absolute atomic E-state index is 9.65. The van der Waals surface area contributed by atoms with Crippen molar-refractivity contribution in [3.05, 3.63) is 34.3 Å². The number of likely N-dealkylation sites (tertiary alicyclic amines) is 1. The Morgan fingerprint density at radius 1 is 1.38 bits per heavy atom. The molecule has 2 N–H and O–H groups in total. The lowest BCUT2D eigenvalue weighted by atomic mass is 10.0. The normalized spacial score (nSPS) is 18.8. The van der Waals surface area contributed by atoms with Gasteiger partial charge in [0.05, 0.1) is 12.7 Å². The number of aliphatic hydroxyl groups excluding tert-OH is 1. The molecular formula is C16H25BrN2O2. The molecular weight excluding hydrogens is 332 g/mol. The monoisotopic (exact) mass is 356 g/mol. The van der Waals surface area contributed by atoms with Gasteiger partial charge in [0, 0.05) is 30.7 Å². The Labute approximate surface area is 135 Å². The van der Waals surface area contributed by atoms with E-state index in [-0.39, 0.29) is 0 Å². The van der Waals surface area contributed by atoms with Crippen LogP contribution in [-0.2, 0) is 11.3 Å². The van der Waals surface area contributed by atoms with Crippen LogP contribution in [0.15, 0.2) is 28.7 Å². The van der Waals surface area contributed by atoms with Crippen LogP contribution in [0.25, 0.3) is 0 Å². The predicted octanol–water partition coefficient (Wildman–Crippen LogP) is 2.01. The lowest BCUT2D eigenvalue weighted by Crippen LogP contribution is -2.44. The second-order valence-electron chi connectivity index (χ2n) is 5.66. The van der Waals surface area contributed by atoms with Crippen LogP contribution in [0.1, 0.15) is 18.4 Å². The highest BCUT2D eigenvalue weighted by Gasteiger charge is 2.20. The second-order valence-corrected chi connectivity index (χ2v) is 6.51. The van der Waals surface area contributed by atoms with Gasteiger partial charge in [-0.05, 0) is 37.6 Å². The lowest BCUT2D eigenvalue weighted by Gasteiger charge is -2.33. The molecule has 1 atom stereocenters. The van der Waals surface area contributed by atoms with Crippen molar-refractivity contribution in [2.75, 3.05) is 33.4 Å². The van der Waals surface area contributed by atoms with E-state index < -0.39 is 6.10 Å². The van der Waals surface area contributed by atoms with Crippen LogP contribution < -0.4 is 5.32 Å². The summed E-state index contributed by atoms with van der Waals surface area (Å²) in [7, 11) is 1.61. The molecule has 0 bridgehead atoms. The van der Waals surface area contributed by atoms with Crippen molar-refractivity contribution in [1.29, 1.82) is 0 Å². The van der Waals surface area contributed by atoms with E-state index in [0.29, 0.717) is 19.2 Å². The largest absolute Gasteiger partial charge is 0.389 e. The summed E-state index contributed by atoms with van der Waals surface area (Å²) in [4.78, 5) is 2.49. The Hall–Kier alpha value is -0.460. The number of ether oxygens (including phenoxy) is 1. The van der Waals surface area contributed by atoms with Gasteiger partial charge in [0.2, 0.25) is 0 Å². The van der Waals surface area contributed by atoms with Crippen molar-refractivity contribution in [2.45, 2.75) is 31.5 Å². The first-order valence-electron chi connectivity index (χ1n) is 7.55. The summed E-state index contributed by atoms with van der Waals surface area (Å²) in [5.74, 6) is 0. The molecule has 2 rings (SSSR count). The molecule has 1 saturated heterocycles. The van der Waals surface area contributed by atoms with Crippen LogP contribution in [0.4, 0.5) is 0 Å². The molecule has 1 heterocycles. The number of benzene rings is 1. The quantitative estimate of drug-likeness (QED) is 0.784. The summed E-state index contributed by atoms with van der Waals surface area (Å²) >= 11 is 3.61. The van der Waals surface area contributed by atoms with E-state index in [4.69, 9.17) is 4.74 Å². The van der Waals surface area contributed by atoms with Gasteiger partial charge in [0.1, 0.15) is 0 Å². The molecule has 0 unspecified atom stereocenters. The highest BCUT2D eigenvalue weighted by atomic mass is 79.9. The van der Waals surface area contributed by atoms with Gasteiger partial charge in [-0.2, -0.15) is 0 Å². The predicted molar refractivity (Wildman–Crippen MR) is 88.3 cm³/mol. The Kier molecular flexibility index (Phi) is 7.13. The average molecular weight is 357 g/mol. The topological polar surface area (TPSA) is 44.7 Å². The Morgan fingerprint density at radius 3 is 2.76 bits per heavy atom. The van der Waals surface area contributed by atoms with Crippen molar-refractivity contribution in [1.82, 2.24) is 10.2 Å². The summed E-state index contributed by atoms with van der Waals surface area (Å²) in [6.07, 6.45) is 1.85. The molecule has 0 radical (unpaired) electrons. The highest BCUT2D eigenvalue weighted by Crippen LogP contribution is 2.20. The summed E-state index contributed by atoms with van der Waals surface area (Å²) < 4.78 is 6.12. The van der Waals surface area contributed by atoms with Crippen molar-refractivity contribution in [2.24, 2.45) is 0 Å². The Bertz CT molecular complexity index is 422. The molecule has 118 valence electrons. The number of halogens is 1. The zero-order valence-electron chi connectivity index (χ0n) is 12.6. The maximum atomic E-state index is 9.65. The number of rotatable bonds is 7. The number of hydrogen-bond donors (Lipinski definition) is 2. The third-order valence-corrected chi connectivity index (χ3v) is 4.71. The van der Waals surface area contributed by atoms with Crippen molar-refractivity contribution < 1.29 is 9.84 Å². The molecule has 1 fully saturated rings. The van der Waals surface area contributed by atoms with E-state index in [9.17, 15) is 5.11 Å². The summed E-state index contributed by atoms with van der Waals surface area (Å²) in [5.41, 5.74) is 1.35. The summed E-state index contributed by atoms with van der Waals surface area (Å²) in [5, 5.41) is 13.1. The van der Waals surface area contributed by atoms with Crippen LogP contribution in [0, 0.1) is 0 Å². The number of hydrogen-bond acceptors (Lipinski definition) is 4. The average Bonchev–Trinajstić information content (AvgIpc) is 2.49. The smallest absolute Gasteiger partial charge is 0.0897 e. The zero-order valence-corrected chi connectivity index (χ0v) is 14.2. The number of methoxy groups -OCH3 is 1. The van der Waals surface area contributed by atoms with Crippen LogP contribution in [0.5, 0.6) is 0 Å². The summed E-state index contributed by atoms with van der Waals surface area (Å²) in [6.45, 7) is 4.20. The van der Waals surface area contributed by atoms with E-state index in [2.05, 4.69) is 50.4 Å². The van der Waals surface area contributed by atoms with E-state index >= 15 is 0 Å². The standard InChI is InChI=1S/C16H25BrN2O2/c1-21-12-15(20)10-18-14-6-8-19(9-7-14)11-13-4-2-3-5-16(13)17/h2-5,14-15,18,20H,6-12H2,1H3/t15-/m0/s1. The van der Waals surface area contributed by atoms with Crippen molar-refractivity contribution in [3.8, 4) is 0 Å². The number of nitrogens with one attached hydrogen (secondary N) is 1. The fraction of sp³-hybridized carbons (Fsp3) is 0.625. The minimum atomic E-state index is -0.409. The molecule has 0 aromatic heterocycles. The third-order valence-electron chi connectivity index (χ3n) is 3.94. The fourth-order valence-corrected chi connectivity index (χ4v) is 3.13. The first-order chi connectivity index (χ1) is 10.2. The first-order valence-corrected chi connectivity index (χ1v) is 8.34. The molecule has 1 aromatic carbocycles. The van der Waals surface area contributed by atoms with Gasteiger partial charge in [-0.1, -0.05) is 34.1 Å². The molecule has 0 aliphatic carbocycles. The number of aliphatic hydroxyl groups is 1. The van der Waals surface area contributed by atoms with Gasteiger partial charge >= 0.3 is 0 Å². The van der Waals surface area contributed by atoms with Crippen LogP contribution in [0.3, 0.4) is 0 Å². The van der Waals surface area contributed by atoms with Crippen LogP contribution in [0.2, 0.25) is 0 Å². The highest BCUT2D eigenvalue weighted by molar-refractivity contribution is 9.10. The van der Waals surface area contributed by atoms with Gasteiger partial charge in [0.25, 0.3) is 0 Å². The number of nitrogens with zero attached hydrogens (tertiary/aromatic N) is 1. The van der Waals surface area contributed by atoms with E-state index in [1.54, 1.807) is 7.11 Å². The van der Waals surface area contributed by atoms with E-state index in [1.807, 2.05) is 0 Å². The van der Waals surface area contributed by atoms with E-state index in [0.717, 1.165) is 32.5 Å². The number of piperidine rings is 1. The molecule has 1 aromatic rings. The Morgan fingerprint density at radius 2 is 2.10 bits per heavy atom. The first kappa shape index (κ1) is 16.9. The van der Waals surface area contributed by atoms with E-state index in [1.165, 1.54) is 10.0 Å². The van der Waals surface area contributed by atoms with Crippen molar-refractivity contribution in [3.63, 3.8) is 0 Å². The SMILES string of the molecule is COC[C@@H](O)CNC1CCN(Cc2ccccc2Br)CC1. The van der Waals surface area contributed by atoms with Crippen LogP contribution >= 0.6 is 15.9 Å². The molecule has 0 saturated carbocycles. The second kappa shape index (κ2) is 8.86. The van der Waals surface area contributed by atoms with Crippen molar-refractivity contribution >= 4 is 15.9 Å². The van der Waals surface area contributed by atoms with Gasteiger partial charge in [-0.25, -0.2) is 0 Å². The van der Waals surface area contributed by atoms with Crippen LogP contribution in [-0.4, -0.2) is 55.5 Å². The zero-order chi connectivity index (χ0) is 15.1. The molecule has 0 spiro atoms. The van der Waals surface area contributed by atoms with Gasteiger partial charge < -0.3 is 15.2 Å². The third kappa shape index (κ3) is 5.68. The van der Waals surface area contributed by atoms with Gasteiger partial charge in [-0.3, -0.25) is 4.90 Å². The van der Waals surface area contributed by atoms with Gasteiger partial charge in [0.15, 0.2) is 0 Å². The minimum absolute atomic E-state index is 0.397. The molecule has 1 aliphatic heterocycles. The molecule has 4 nitrogen and oxygen atoms in total. The molecule has 1 aliphatic rings. The minimum Gasteiger partial charge on any atom is -0.389 e.